The van der Waals surface area contributed by atoms with Crippen LogP contribution in [-0.2, 0) is 19.1 Å². The van der Waals surface area contributed by atoms with Gasteiger partial charge in [0.15, 0.2) is 5.71 Å². The number of hydrogen-bond donors (Lipinski definition) is 1. The molecule has 1 aromatic carbocycles. The molecule has 7 nitrogen and oxygen atoms in total. The fourth-order valence-electron chi connectivity index (χ4n) is 2.89. The molecule has 3 rings (SSSR count). The van der Waals surface area contributed by atoms with Gasteiger partial charge in [-0.1, -0.05) is 18.2 Å². The number of aryl methyl sites for hydroxylation is 1. The van der Waals surface area contributed by atoms with Crippen LogP contribution in [0.25, 0.3) is 0 Å². The van der Waals surface area contributed by atoms with Crippen LogP contribution >= 0.6 is 0 Å². The summed E-state index contributed by atoms with van der Waals surface area (Å²) in [5.74, 6) is -2.60. The topological polar surface area (TPSA) is 88.1 Å². The number of hydrazone groups is 1. The molecule has 0 spiro atoms. The van der Waals surface area contributed by atoms with E-state index >= 15 is 0 Å². The zero-order valence-corrected chi connectivity index (χ0v) is 12.4. The van der Waals surface area contributed by atoms with E-state index in [1.165, 1.54) is 7.11 Å². The summed E-state index contributed by atoms with van der Waals surface area (Å²) in [5, 5.41) is 3.84. The number of esters is 1. The number of carbonyl (C=O) groups is 3. The molecule has 7 heteroatoms. The molecule has 0 aliphatic carbocycles. The third-order valence-corrected chi connectivity index (χ3v) is 4.12. The van der Waals surface area contributed by atoms with Crippen molar-refractivity contribution in [1.82, 2.24) is 5.43 Å². The van der Waals surface area contributed by atoms with E-state index in [0.29, 0.717) is 5.69 Å². The van der Waals surface area contributed by atoms with Gasteiger partial charge in [0.2, 0.25) is 5.91 Å². The molecule has 1 fully saturated rings. The lowest BCUT2D eigenvalue weighted by Gasteiger charge is -2.21. The Balaban J connectivity index is 2.07. The zero-order valence-electron chi connectivity index (χ0n) is 12.4. The van der Waals surface area contributed by atoms with Gasteiger partial charge in [-0.25, -0.2) is 9.69 Å². The molecule has 1 N–H and O–H groups in total. The van der Waals surface area contributed by atoms with Gasteiger partial charge in [0.25, 0.3) is 5.91 Å². The highest BCUT2D eigenvalue weighted by molar-refractivity contribution is 6.47. The van der Waals surface area contributed by atoms with Crippen molar-refractivity contribution >= 4 is 29.2 Å². The average Bonchev–Trinajstić information content (AvgIpc) is 2.95. The second kappa shape index (κ2) is 4.66. The van der Waals surface area contributed by atoms with Crippen molar-refractivity contribution in [3.05, 3.63) is 29.8 Å². The van der Waals surface area contributed by atoms with Crippen LogP contribution in [0.1, 0.15) is 12.5 Å². The summed E-state index contributed by atoms with van der Waals surface area (Å²) < 4.78 is 4.64. The lowest BCUT2D eigenvalue weighted by atomic mass is 9.86. The Hall–Kier alpha value is -2.70. The second-order valence-corrected chi connectivity index (χ2v) is 5.50. The molecule has 1 saturated heterocycles. The number of nitrogens with one attached hydrogen (secondary N) is 1. The normalized spacial score (nSPS) is 26.6. The summed E-state index contributed by atoms with van der Waals surface area (Å²) in [7, 11) is 1.21. The van der Waals surface area contributed by atoms with Crippen molar-refractivity contribution in [2.45, 2.75) is 19.4 Å². The van der Waals surface area contributed by atoms with E-state index in [0.717, 1.165) is 10.5 Å². The van der Waals surface area contributed by atoms with Crippen molar-refractivity contribution in [2.75, 3.05) is 12.0 Å². The van der Waals surface area contributed by atoms with Crippen LogP contribution in [0, 0.1) is 12.8 Å². The minimum atomic E-state index is -1.26. The van der Waals surface area contributed by atoms with E-state index in [-0.39, 0.29) is 5.71 Å². The van der Waals surface area contributed by atoms with Gasteiger partial charge in [0.1, 0.15) is 11.5 Å². The van der Waals surface area contributed by atoms with Gasteiger partial charge in [-0.2, -0.15) is 5.10 Å². The molecule has 0 radical (unpaired) electrons. The summed E-state index contributed by atoms with van der Waals surface area (Å²) in [6.45, 7) is 3.38. The van der Waals surface area contributed by atoms with Gasteiger partial charge in [-0.15, -0.1) is 0 Å². The van der Waals surface area contributed by atoms with Crippen LogP contribution < -0.4 is 10.3 Å². The maximum atomic E-state index is 12.8. The predicted octanol–water partition coefficient (Wildman–Crippen LogP) is 0.375. The number of ether oxygens (including phenoxy) is 1. The first-order valence-electron chi connectivity index (χ1n) is 6.79. The number of hydrogen-bond acceptors (Lipinski definition) is 6. The summed E-state index contributed by atoms with van der Waals surface area (Å²) >= 11 is 0. The molecular weight excluding hydrogens is 286 g/mol. The number of carbonyl (C=O) groups excluding carboxylic acids is 3. The predicted molar refractivity (Wildman–Crippen MR) is 78.2 cm³/mol. The molecule has 2 aliphatic heterocycles. The number of amides is 2. The Labute approximate surface area is 126 Å². The molecule has 1 aromatic rings. The molecule has 2 amide bonds. The van der Waals surface area contributed by atoms with Gasteiger partial charge in [0.05, 0.1) is 12.8 Å². The Morgan fingerprint density at radius 1 is 1.36 bits per heavy atom. The highest BCUT2D eigenvalue weighted by atomic mass is 16.5. The monoisotopic (exact) mass is 301 g/mol. The van der Waals surface area contributed by atoms with E-state index in [1.54, 1.807) is 19.1 Å². The molecule has 2 aliphatic rings. The second-order valence-electron chi connectivity index (χ2n) is 5.50. The van der Waals surface area contributed by atoms with Crippen LogP contribution in [0.5, 0.6) is 0 Å². The van der Waals surface area contributed by atoms with Crippen LogP contribution in [0.2, 0.25) is 0 Å². The fraction of sp³-hybridized carbons (Fsp3) is 0.333. The first-order chi connectivity index (χ1) is 10.4. The van der Waals surface area contributed by atoms with E-state index in [4.69, 9.17) is 0 Å². The lowest BCUT2D eigenvalue weighted by molar-refractivity contribution is -0.133. The molecule has 2 atom stereocenters. The van der Waals surface area contributed by atoms with Crippen LogP contribution in [-0.4, -0.2) is 36.1 Å². The number of nitrogens with zero attached hydrogens (tertiary/aromatic N) is 2. The van der Waals surface area contributed by atoms with E-state index in [2.05, 4.69) is 15.3 Å². The summed E-state index contributed by atoms with van der Waals surface area (Å²) in [6, 6.07) is 7.09. The summed E-state index contributed by atoms with van der Waals surface area (Å²) in [6.07, 6.45) is 0. The van der Waals surface area contributed by atoms with Crippen molar-refractivity contribution < 1.29 is 19.1 Å². The standard InChI is InChI=1S/C15H15N3O4/c1-8-6-4-5-7-9(8)18-12(19)10-11(13(20)22-3)16-17-15(10,2)14(18)21/h4-7,10,17H,1-3H3/t10-,15-/m0/s1. The summed E-state index contributed by atoms with van der Waals surface area (Å²) in [5.41, 5.74) is 2.61. The third kappa shape index (κ3) is 1.68. The number of para-hydroxylation sites is 1. The quantitative estimate of drug-likeness (QED) is 0.630. The van der Waals surface area contributed by atoms with E-state index in [9.17, 15) is 14.4 Å². The smallest absolute Gasteiger partial charge is 0.355 e. The molecule has 2 heterocycles. The van der Waals surface area contributed by atoms with Gasteiger partial charge in [0, 0.05) is 0 Å². The van der Waals surface area contributed by atoms with Crippen molar-refractivity contribution in [3.8, 4) is 0 Å². The molecule has 0 bridgehead atoms. The number of rotatable bonds is 2. The fourth-order valence-corrected chi connectivity index (χ4v) is 2.89. The highest BCUT2D eigenvalue weighted by Gasteiger charge is 2.63. The largest absolute Gasteiger partial charge is 0.464 e. The van der Waals surface area contributed by atoms with Crippen LogP contribution in [0.15, 0.2) is 29.4 Å². The zero-order chi connectivity index (χ0) is 16.1. The van der Waals surface area contributed by atoms with Crippen molar-refractivity contribution in [3.63, 3.8) is 0 Å². The number of methoxy groups -OCH3 is 1. The van der Waals surface area contributed by atoms with Crippen molar-refractivity contribution in [2.24, 2.45) is 11.0 Å². The average molecular weight is 301 g/mol. The lowest BCUT2D eigenvalue weighted by Crippen LogP contribution is -2.48. The number of imide groups is 1. The first-order valence-corrected chi connectivity index (χ1v) is 6.79. The number of benzene rings is 1. The van der Waals surface area contributed by atoms with Crippen molar-refractivity contribution in [1.29, 1.82) is 0 Å². The maximum Gasteiger partial charge on any atom is 0.355 e. The van der Waals surface area contributed by atoms with E-state index in [1.807, 2.05) is 19.1 Å². The Morgan fingerprint density at radius 2 is 2.05 bits per heavy atom. The molecule has 22 heavy (non-hydrogen) atoms. The van der Waals surface area contributed by atoms with E-state index < -0.39 is 29.2 Å². The molecule has 114 valence electrons. The Kier molecular flexibility index (Phi) is 3.01. The Bertz CT molecular complexity index is 727. The molecule has 0 unspecified atom stereocenters. The first kappa shape index (κ1) is 14.2. The minimum absolute atomic E-state index is 0.0700. The van der Waals surface area contributed by atoms with Gasteiger partial charge in [-0.05, 0) is 25.5 Å². The molecule has 0 aromatic heterocycles. The van der Waals surface area contributed by atoms with Gasteiger partial charge in [-0.3, -0.25) is 15.0 Å². The minimum Gasteiger partial charge on any atom is -0.464 e. The van der Waals surface area contributed by atoms with Crippen LogP contribution in [0.4, 0.5) is 5.69 Å². The third-order valence-electron chi connectivity index (χ3n) is 4.12. The number of anilines is 1. The summed E-state index contributed by atoms with van der Waals surface area (Å²) in [4.78, 5) is 38.4. The van der Waals surface area contributed by atoms with Gasteiger partial charge >= 0.3 is 5.97 Å². The SMILES string of the molecule is COC(=O)C1=NN[C@]2(C)C(=O)N(c3ccccc3C)C(=O)[C@H]12. The molecule has 0 saturated carbocycles. The van der Waals surface area contributed by atoms with Crippen LogP contribution in [0.3, 0.4) is 0 Å². The molecular formula is C15H15N3O4. The number of fused-ring (bicyclic) bond motifs is 1. The highest BCUT2D eigenvalue weighted by Crippen LogP contribution is 2.38. The maximum absolute atomic E-state index is 12.8. The Morgan fingerprint density at radius 3 is 2.68 bits per heavy atom. The van der Waals surface area contributed by atoms with Gasteiger partial charge < -0.3 is 4.74 Å².